The highest BCUT2D eigenvalue weighted by Gasteiger charge is 2.08. The molecule has 0 saturated carbocycles. The second-order valence-electron chi connectivity index (χ2n) is 5.36. The highest BCUT2D eigenvalue weighted by molar-refractivity contribution is 7.79. The van der Waals surface area contributed by atoms with E-state index in [1.807, 2.05) is 0 Å². The van der Waals surface area contributed by atoms with Gasteiger partial charge in [-0.15, -0.1) is 0 Å². The van der Waals surface area contributed by atoms with Crippen LogP contribution in [-0.2, 0) is 19.9 Å². The average Bonchev–Trinajstić information content (AvgIpc) is 2.49. The smallest absolute Gasteiger partial charge is 0.379 e. The van der Waals surface area contributed by atoms with Crippen molar-refractivity contribution in [2.45, 2.75) is 26.7 Å². The van der Waals surface area contributed by atoms with Crippen LogP contribution >= 0.6 is 0 Å². The molecule has 0 amide bonds. The van der Waals surface area contributed by atoms with Gasteiger partial charge >= 0.3 is 10.4 Å². The first-order valence-corrected chi connectivity index (χ1v) is 9.56. The number of hydrogen-bond acceptors (Lipinski definition) is 6. The first-order chi connectivity index (χ1) is 10.9. The third kappa shape index (κ3) is 17.9. The average molecular weight is 356 g/mol. The van der Waals surface area contributed by atoms with Gasteiger partial charge in [0.2, 0.25) is 0 Å². The number of hydrogen-bond donors (Lipinski definition) is 2. The molecule has 2 N–H and O–H groups in total. The van der Waals surface area contributed by atoms with E-state index < -0.39 is 10.4 Å². The van der Waals surface area contributed by atoms with E-state index in [0.29, 0.717) is 0 Å². The number of morpholine rings is 2. The zero-order valence-corrected chi connectivity index (χ0v) is 15.1. The Hall–Kier alpha value is -0.290. The molecule has 140 valence electrons. The fourth-order valence-corrected chi connectivity index (χ4v) is 2.28. The molecule has 0 spiro atoms. The van der Waals surface area contributed by atoms with Crippen molar-refractivity contribution < 1.29 is 27.0 Å². The molecule has 0 aromatic carbocycles. The van der Waals surface area contributed by atoms with Crippen LogP contribution in [0, 0.1) is 0 Å². The van der Waals surface area contributed by atoms with Gasteiger partial charge in [0.05, 0.1) is 26.4 Å². The fraction of sp³-hybridized carbons (Fsp3) is 1.00. The second-order valence-corrected chi connectivity index (χ2v) is 6.25. The number of rotatable bonds is 4. The lowest BCUT2D eigenvalue weighted by Gasteiger charge is -2.25. The molecule has 0 radical (unpaired) electrons. The molecule has 0 bridgehead atoms. The second kappa shape index (κ2) is 14.1. The molecule has 0 atom stereocenters. The Morgan fingerprint density at radius 2 is 1.04 bits per heavy atom. The van der Waals surface area contributed by atoms with Crippen LogP contribution < -0.4 is 0 Å². The number of nitrogens with zero attached hydrogens (tertiary/aromatic N) is 2. The van der Waals surface area contributed by atoms with Crippen LogP contribution in [0.15, 0.2) is 0 Å². The Bertz CT molecular complexity index is 321. The molecule has 0 aromatic heterocycles. The first kappa shape index (κ1) is 22.7. The summed E-state index contributed by atoms with van der Waals surface area (Å²) in [5.41, 5.74) is 0. The first-order valence-electron chi connectivity index (χ1n) is 8.16. The molecule has 2 saturated heterocycles. The largest absolute Gasteiger partial charge is 0.394 e. The SMILES string of the molecule is CCCN1CCOCC1.CCCN1CCOCC1.O=S(=O)(O)O. The third-order valence-electron chi connectivity index (χ3n) is 3.29. The van der Waals surface area contributed by atoms with Gasteiger partial charge < -0.3 is 9.47 Å². The van der Waals surface area contributed by atoms with Crippen LogP contribution in [0.2, 0.25) is 0 Å². The summed E-state index contributed by atoms with van der Waals surface area (Å²) < 4.78 is 42.0. The lowest BCUT2D eigenvalue weighted by atomic mass is 10.4. The molecule has 2 heterocycles. The van der Waals surface area contributed by atoms with Gasteiger partial charge in [0, 0.05) is 26.2 Å². The summed E-state index contributed by atoms with van der Waals surface area (Å²) in [7, 11) is -4.67. The van der Waals surface area contributed by atoms with E-state index in [1.54, 1.807) is 0 Å². The van der Waals surface area contributed by atoms with Gasteiger partial charge in [0.25, 0.3) is 0 Å². The highest BCUT2D eigenvalue weighted by Crippen LogP contribution is 1.97. The van der Waals surface area contributed by atoms with Gasteiger partial charge in [0.15, 0.2) is 0 Å². The van der Waals surface area contributed by atoms with Crippen molar-refractivity contribution in [1.82, 2.24) is 9.80 Å². The Morgan fingerprint density at radius 3 is 1.26 bits per heavy atom. The molecule has 8 nitrogen and oxygen atoms in total. The van der Waals surface area contributed by atoms with Crippen LogP contribution in [0.5, 0.6) is 0 Å². The topological polar surface area (TPSA) is 99.5 Å². The summed E-state index contributed by atoms with van der Waals surface area (Å²) >= 11 is 0. The zero-order valence-electron chi connectivity index (χ0n) is 14.3. The molecular formula is C14H32N2O6S. The summed E-state index contributed by atoms with van der Waals surface area (Å²) in [6.45, 7) is 15.2. The monoisotopic (exact) mass is 356 g/mol. The molecule has 2 aliphatic rings. The van der Waals surface area contributed by atoms with Gasteiger partial charge in [-0.2, -0.15) is 8.42 Å². The van der Waals surface area contributed by atoms with Crippen LogP contribution in [0.3, 0.4) is 0 Å². The van der Waals surface area contributed by atoms with Crippen molar-refractivity contribution >= 4 is 10.4 Å². The van der Waals surface area contributed by atoms with Crippen molar-refractivity contribution in [3.05, 3.63) is 0 Å². The summed E-state index contributed by atoms with van der Waals surface area (Å²) in [6.07, 6.45) is 2.53. The van der Waals surface area contributed by atoms with Crippen molar-refractivity contribution in [1.29, 1.82) is 0 Å². The van der Waals surface area contributed by atoms with E-state index in [9.17, 15) is 0 Å². The maximum absolute atomic E-state index is 8.74. The molecule has 2 aliphatic heterocycles. The zero-order chi connectivity index (χ0) is 17.6. The summed E-state index contributed by atoms with van der Waals surface area (Å²) in [5.74, 6) is 0. The molecule has 2 rings (SSSR count). The molecule has 2 fully saturated rings. The van der Waals surface area contributed by atoms with Gasteiger partial charge in [0.1, 0.15) is 0 Å². The van der Waals surface area contributed by atoms with Gasteiger partial charge in [-0.05, 0) is 25.9 Å². The summed E-state index contributed by atoms with van der Waals surface area (Å²) in [6, 6.07) is 0. The fourth-order valence-electron chi connectivity index (χ4n) is 2.28. The highest BCUT2D eigenvalue weighted by atomic mass is 32.3. The lowest BCUT2D eigenvalue weighted by molar-refractivity contribution is 0.0379. The van der Waals surface area contributed by atoms with E-state index in [4.69, 9.17) is 27.0 Å². The van der Waals surface area contributed by atoms with E-state index in [0.717, 1.165) is 52.6 Å². The van der Waals surface area contributed by atoms with Crippen LogP contribution in [0.4, 0.5) is 0 Å². The lowest BCUT2D eigenvalue weighted by Crippen LogP contribution is -2.36. The standard InChI is InChI=1S/2C7H15NO.H2O4S/c2*1-2-3-8-4-6-9-7-5-8;1-5(2,3)4/h2*2-7H2,1H3;(H2,1,2,3,4). The predicted molar refractivity (Wildman–Crippen MR) is 89.3 cm³/mol. The van der Waals surface area contributed by atoms with Crippen LogP contribution in [0.25, 0.3) is 0 Å². The van der Waals surface area contributed by atoms with Gasteiger partial charge in [-0.1, -0.05) is 13.8 Å². The maximum Gasteiger partial charge on any atom is 0.394 e. The summed E-state index contributed by atoms with van der Waals surface area (Å²) in [5, 5.41) is 0. The molecule has 0 aliphatic carbocycles. The Labute approximate surface area is 140 Å². The van der Waals surface area contributed by atoms with Crippen LogP contribution in [0.1, 0.15) is 26.7 Å². The molecular weight excluding hydrogens is 324 g/mol. The minimum Gasteiger partial charge on any atom is -0.379 e. The van der Waals surface area contributed by atoms with E-state index in [2.05, 4.69) is 23.6 Å². The van der Waals surface area contributed by atoms with Gasteiger partial charge in [-0.3, -0.25) is 18.9 Å². The van der Waals surface area contributed by atoms with E-state index in [-0.39, 0.29) is 0 Å². The minimum atomic E-state index is -4.67. The summed E-state index contributed by atoms with van der Waals surface area (Å²) in [4.78, 5) is 4.90. The van der Waals surface area contributed by atoms with Crippen molar-refractivity contribution in [3.8, 4) is 0 Å². The van der Waals surface area contributed by atoms with E-state index in [1.165, 1.54) is 25.9 Å². The number of ether oxygens (including phenoxy) is 2. The van der Waals surface area contributed by atoms with Gasteiger partial charge in [-0.25, -0.2) is 0 Å². The molecule has 23 heavy (non-hydrogen) atoms. The Morgan fingerprint density at radius 1 is 0.783 bits per heavy atom. The van der Waals surface area contributed by atoms with Crippen molar-refractivity contribution in [2.75, 3.05) is 65.7 Å². The quantitative estimate of drug-likeness (QED) is 0.714. The van der Waals surface area contributed by atoms with Crippen molar-refractivity contribution in [3.63, 3.8) is 0 Å². The Kier molecular flexibility index (Phi) is 13.9. The Balaban J connectivity index is 0.000000332. The molecule has 9 heteroatoms. The van der Waals surface area contributed by atoms with E-state index >= 15 is 0 Å². The third-order valence-corrected chi connectivity index (χ3v) is 3.29. The minimum absolute atomic E-state index is 0.931. The van der Waals surface area contributed by atoms with Crippen LogP contribution in [-0.4, -0.2) is 93.0 Å². The normalized spacial score (nSPS) is 20.0. The molecule has 0 aromatic rings. The molecule has 0 unspecified atom stereocenters. The predicted octanol–water partition coefficient (Wildman–Crippen LogP) is 0.804. The van der Waals surface area contributed by atoms with Crippen molar-refractivity contribution in [2.24, 2.45) is 0 Å². The maximum atomic E-state index is 8.74.